The highest BCUT2D eigenvalue weighted by Crippen LogP contribution is 2.11. The zero-order valence-electron chi connectivity index (χ0n) is 12.1. The molecular formula is C17H26NO. The van der Waals surface area contributed by atoms with Gasteiger partial charge in [0, 0.05) is 12.1 Å². The number of rotatable bonds is 9. The van der Waals surface area contributed by atoms with Crippen LogP contribution in [0.25, 0.3) is 0 Å². The highest BCUT2D eigenvalue weighted by Gasteiger charge is 2.03. The standard InChI is InChI=1S/C17H26NO/c1-3-5-6-7-8-9-10-15-11-13-16(14-12-15)17(19)18-4-2/h11-14H,2-10H2,1H3,(H,18,19). The highest BCUT2D eigenvalue weighted by atomic mass is 16.1. The molecular weight excluding hydrogens is 234 g/mol. The third-order valence-corrected chi connectivity index (χ3v) is 3.32. The second kappa shape index (κ2) is 9.60. The molecule has 0 heterocycles. The molecule has 0 fully saturated rings. The average Bonchev–Trinajstić information content (AvgIpc) is 2.43. The van der Waals surface area contributed by atoms with Gasteiger partial charge in [-0.3, -0.25) is 4.79 Å². The Bertz CT molecular complexity index is 356. The number of unbranched alkanes of at least 4 members (excludes halogenated alkanes) is 5. The van der Waals surface area contributed by atoms with Crippen molar-refractivity contribution in [3.63, 3.8) is 0 Å². The van der Waals surface area contributed by atoms with E-state index in [1.54, 1.807) is 0 Å². The van der Waals surface area contributed by atoms with E-state index < -0.39 is 0 Å². The van der Waals surface area contributed by atoms with Crippen molar-refractivity contribution in [3.8, 4) is 0 Å². The summed E-state index contributed by atoms with van der Waals surface area (Å²) in [5, 5.41) is 2.70. The molecule has 0 unspecified atom stereocenters. The fourth-order valence-electron chi connectivity index (χ4n) is 2.15. The molecule has 0 saturated heterocycles. The van der Waals surface area contributed by atoms with Crippen LogP contribution in [0.4, 0.5) is 0 Å². The van der Waals surface area contributed by atoms with Crippen molar-refractivity contribution >= 4 is 5.91 Å². The summed E-state index contributed by atoms with van der Waals surface area (Å²) in [7, 11) is 0. The molecule has 19 heavy (non-hydrogen) atoms. The fraction of sp³-hybridized carbons (Fsp3) is 0.529. The summed E-state index contributed by atoms with van der Waals surface area (Å²) in [6, 6.07) is 7.92. The van der Waals surface area contributed by atoms with E-state index in [0.29, 0.717) is 6.54 Å². The molecule has 1 amide bonds. The third kappa shape index (κ3) is 6.42. The summed E-state index contributed by atoms with van der Waals surface area (Å²) in [5.41, 5.74) is 2.04. The molecule has 1 N–H and O–H groups in total. The van der Waals surface area contributed by atoms with E-state index in [9.17, 15) is 4.79 Å². The van der Waals surface area contributed by atoms with E-state index in [1.165, 1.54) is 44.1 Å². The Balaban J connectivity index is 2.26. The Morgan fingerprint density at radius 3 is 2.32 bits per heavy atom. The first-order valence-electron chi connectivity index (χ1n) is 7.44. The minimum absolute atomic E-state index is 0.0406. The summed E-state index contributed by atoms with van der Waals surface area (Å²) in [6.07, 6.45) is 9.03. The number of carbonyl (C=O) groups excluding carboxylic acids is 1. The lowest BCUT2D eigenvalue weighted by molar-refractivity contribution is 0.0958. The van der Waals surface area contributed by atoms with Crippen LogP contribution in [0.3, 0.4) is 0 Å². The Morgan fingerprint density at radius 2 is 1.68 bits per heavy atom. The van der Waals surface area contributed by atoms with E-state index in [-0.39, 0.29) is 5.91 Å². The molecule has 0 atom stereocenters. The molecule has 1 rings (SSSR count). The largest absolute Gasteiger partial charge is 0.352 e. The van der Waals surface area contributed by atoms with Gasteiger partial charge < -0.3 is 5.32 Å². The smallest absolute Gasteiger partial charge is 0.251 e. The van der Waals surface area contributed by atoms with Crippen LogP contribution in [0.2, 0.25) is 0 Å². The van der Waals surface area contributed by atoms with Crippen LogP contribution in [0.5, 0.6) is 0 Å². The van der Waals surface area contributed by atoms with Crippen LogP contribution >= 0.6 is 0 Å². The summed E-state index contributed by atoms with van der Waals surface area (Å²) < 4.78 is 0. The minimum Gasteiger partial charge on any atom is -0.352 e. The fourth-order valence-corrected chi connectivity index (χ4v) is 2.15. The maximum atomic E-state index is 11.6. The molecule has 0 aliphatic rings. The summed E-state index contributed by atoms with van der Waals surface area (Å²) in [5.74, 6) is -0.0406. The molecule has 0 bridgehead atoms. The van der Waals surface area contributed by atoms with Crippen LogP contribution < -0.4 is 5.32 Å². The summed E-state index contributed by atoms with van der Waals surface area (Å²) in [6.45, 7) is 6.28. The van der Waals surface area contributed by atoms with E-state index >= 15 is 0 Å². The van der Waals surface area contributed by atoms with Gasteiger partial charge in [0.25, 0.3) is 5.91 Å². The first-order chi connectivity index (χ1) is 9.27. The Hall–Kier alpha value is -1.31. The number of carbonyl (C=O) groups is 1. The lowest BCUT2D eigenvalue weighted by Crippen LogP contribution is -2.22. The number of nitrogens with one attached hydrogen (secondary N) is 1. The van der Waals surface area contributed by atoms with Gasteiger partial charge in [0.1, 0.15) is 0 Å². The van der Waals surface area contributed by atoms with Gasteiger partial charge in [0.05, 0.1) is 0 Å². The molecule has 0 aliphatic carbocycles. The first-order valence-corrected chi connectivity index (χ1v) is 7.44. The second-order valence-corrected chi connectivity index (χ2v) is 4.97. The average molecular weight is 260 g/mol. The zero-order chi connectivity index (χ0) is 13.9. The van der Waals surface area contributed by atoms with Gasteiger partial charge in [-0.25, -0.2) is 0 Å². The SMILES string of the molecule is [CH2]CNC(=O)c1ccc(CCCCCCCC)cc1. The normalized spacial score (nSPS) is 10.4. The van der Waals surface area contributed by atoms with Gasteiger partial charge in [-0.15, -0.1) is 0 Å². The molecule has 0 aromatic heterocycles. The number of amides is 1. The van der Waals surface area contributed by atoms with Gasteiger partial charge >= 0.3 is 0 Å². The van der Waals surface area contributed by atoms with E-state index in [1.807, 2.05) is 12.1 Å². The Labute approximate surface area is 117 Å². The molecule has 1 aromatic rings. The monoisotopic (exact) mass is 260 g/mol. The number of hydrogen-bond donors (Lipinski definition) is 1. The Kier molecular flexibility index (Phi) is 7.95. The summed E-state index contributed by atoms with van der Waals surface area (Å²) in [4.78, 5) is 11.6. The van der Waals surface area contributed by atoms with Gasteiger partial charge in [-0.2, -0.15) is 0 Å². The number of aryl methyl sites for hydroxylation is 1. The molecule has 0 saturated carbocycles. The predicted molar refractivity (Wildman–Crippen MR) is 81.2 cm³/mol. The van der Waals surface area contributed by atoms with Crippen LogP contribution in [-0.4, -0.2) is 12.5 Å². The predicted octanol–water partition coefficient (Wildman–Crippen LogP) is 4.15. The van der Waals surface area contributed by atoms with Gasteiger partial charge in [0.2, 0.25) is 0 Å². The topological polar surface area (TPSA) is 29.1 Å². The molecule has 105 valence electrons. The minimum atomic E-state index is -0.0406. The van der Waals surface area contributed by atoms with Crippen molar-refractivity contribution in [2.45, 2.75) is 51.9 Å². The van der Waals surface area contributed by atoms with Crippen molar-refractivity contribution in [2.24, 2.45) is 0 Å². The van der Waals surface area contributed by atoms with Crippen molar-refractivity contribution in [1.29, 1.82) is 0 Å². The zero-order valence-corrected chi connectivity index (χ0v) is 12.1. The van der Waals surface area contributed by atoms with E-state index in [2.05, 4.69) is 31.3 Å². The van der Waals surface area contributed by atoms with Crippen LogP contribution in [0, 0.1) is 6.92 Å². The molecule has 2 nitrogen and oxygen atoms in total. The molecule has 1 aromatic carbocycles. The number of hydrogen-bond acceptors (Lipinski definition) is 1. The van der Waals surface area contributed by atoms with Crippen LogP contribution in [-0.2, 0) is 6.42 Å². The van der Waals surface area contributed by atoms with Gasteiger partial charge in [0.15, 0.2) is 0 Å². The van der Waals surface area contributed by atoms with Crippen LogP contribution in [0.15, 0.2) is 24.3 Å². The van der Waals surface area contributed by atoms with Gasteiger partial charge in [-0.05, 0) is 37.5 Å². The van der Waals surface area contributed by atoms with Crippen molar-refractivity contribution in [1.82, 2.24) is 5.32 Å². The van der Waals surface area contributed by atoms with E-state index in [4.69, 9.17) is 0 Å². The molecule has 0 aliphatic heterocycles. The van der Waals surface area contributed by atoms with Gasteiger partial charge in [-0.1, -0.05) is 51.2 Å². The van der Waals surface area contributed by atoms with Crippen molar-refractivity contribution in [3.05, 3.63) is 42.3 Å². The van der Waals surface area contributed by atoms with Crippen molar-refractivity contribution < 1.29 is 4.79 Å². The molecule has 1 radical (unpaired) electrons. The molecule has 0 spiro atoms. The van der Waals surface area contributed by atoms with Crippen LogP contribution in [0.1, 0.15) is 61.4 Å². The maximum absolute atomic E-state index is 11.6. The summed E-state index contributed by atoms with van der Waals surface area (Å²) >= 11 is 0. The van der Waals surface area contributed by atoms with E-state index in [0.717, 1.165) is 12.0 Å². The van der Waals surface area contributed by atoms with Crippen molar-refractivity contribution in [2.75, 3.05) is 6.54 Å². The Morgan fingerprint density at radius 1 is 1.05 bits per heavy atom. The molecule has 2 heteroatoms. The lowest BCUT2D eigenvalue weighted by Gasteiger charge is -2.05. The first kappa shape index (κ1) is 15.7. The maximum Gasteiger partial charge on any atom is 0.251 e. The highest BCUT2D eigenvalue weighted by molar-refractivity contribution is 5.94. The second-order valence-electron chi connectivity index (χ2n) is 4.97. The third-order valence-electron chi connectivity index (χ3n) is 3.32. The number of benzene rings is 1. The lowest BCUT2D eigenvalue weighted by atomic mass is 10.0. The quantitative estimate of drug-likeness (QED) is 0.664.